The molecule has 2 aromatic carbocycles. The molecule has 2 aliphatic rings. The van der Waals surface area contributed by atoms with E-state index < -0.39 is 8.32 Å². The summed E-state index contributed by atoms with van der Waals surface area (Å²) in [6, 6.07) is 23.2. The van der Waals surface area contributed by atoms with Gasteiger partial charge in [-0.25, -0.2) is 0 Å². The fourth-order valence-electron chi connectivity index (χ4n) is 4.84. The van der Waals surface area contributed by atoms with Gasteiger partial charge in [-0.15, -0.1) is 0 Å². The topological polar surface area (TPSA) is 24.5 Å². The van der Waals surface area contributed by atoms with E-state index in [0.29, 0.717) is 18.2 Å². The number of benzene rings is 2. The summed E-state index contributed by atoms with van der Waals surface area (Å²) in [5, 5.41) is 4.20. The Kier molecular flexibility index (Phi) is 6.22. The summed E-state index contributed by atoms with van der Waals surface area (Å²) in [6.07, 6.45) is 4.17. The van der Waals surface area contributed by atoms with Crippen LogP contribution in [0.1, 0.15) is 63.2 Å². The first-order valence-electron chi connectivity index (χ1n) is 11.6. The number of piperidine rings is 1. The molecular weight excluding hydrogens is 384 g/mol. The summed E-state index contributed by atoms with van der Waals surface area (Å²) in [5.41, 5.74) is 2.79. The Balaban J connectivity index is 1.64. The Labute approximate surface area is 184 Å². The molecule has 30 heavy (non-hydrogen) atoms. The molecule has 4 atom stereocenters. The molecule has 0 aromatic heterocycles. The van der Waals surface area contributed by atoms with Gasteiger partial charge in [0, 0.05) is 12.1 Å². The monoisotopic (exact) mass is 422 g/mol. The fraction of sp³-hybridized carbons (Fsp3) is 0.538. The summed E-state index contributed by atoms with van der Waals surface area (Å²) in [4.78, 5) is 2.75. The molecule has 4 heteroatoms. The van der Waals surface area contributed by atoms with Crippen LogP contribution in [0.25, 0.3) is 0 Å². The van der Waals surface area contributed by atoms with Crippen molar-refractivity contribution >= 4 is 8.32 Å². The Hall–Kier alpha value is -1.46. The van der Waals surface area contributed by atoms with Gasteiger partial charge in [-0.2, -0.15) is 0 Å². The van der Waals surface area contributed by atoms with E-state index in [1.807, 2.05) is 0 Å². The summed E-state index contributed by atoms with van der Waals surface area (Å²) in [7, 11) is -1.82. The van der Waals surface area contributed by atoms with Crippen molar-refractivity contribution in [1.29, 1.82) is 0 Å². The van der Waals surface area contributed by atoms with Crippen molar-refractivity contribution in [2.24, 2.45) is 0 Å². The normalized spacial score (nSPS) is 26.0. The maximum atomic E-state index is 6.80. The number of hydrogen-bond acceptors (Lipinski definition) is 3. The minimum atomic E-state index is -1.82. The number of nitrogens with one attached hydrogen (secondary N) is 1. The second kappa shape index (κ2) is 8.58. The Morgan fingerprint density at radius 1 is 1.00 bits per heavy atom. The molecule has 0 aliphatic carbocycles. The first-order valence-corrected chi connectivity index (χ1v) is 14.5. The van der Waals surface area contributed by atoms with E-state index in [0.717, 1.165) is 6.61 Å². The third-order valence-electron chi connectivity index (χ3n) is 7.59. The lowest BCUT2D eigenvalue weighted by molar-refractivity contribution is 0.0472. The smallest absolute Gasteiger partial charge is 0.192 e. The van der Waals surface area contributed by atoms with E-state index in [9.17, 15) is 0 Å². The fourth-order valence-corrected chi connectivity index (χ4v) is 5.84. The minimum Gasteiger partial charge on any atom is -0.415 e. The second-order valence-corrected chi connectivity index (χ2v) is 15.3. The van der Waals surface area contributed by atoms with Gasteiger partial charge in [-0.05, 0) is 48.5 Å². The molecule has 0 unspecified atom stereocenters. The quantitative estimate of drug-likeness (QED) is 0.555. The van der Waals surface area contributed by atoms with Crippen LogP contribution in [-0.2, 0) is 4.43 Å². The van der Waals surface area contributed by atoms with Crippen LogP contribution in [0.5, 0.6) is 0 Å². The molecule has 2 aromatic rings. The molecule has 0 saturated carbocycles. The minimum absolute atomic E-state index is 0.222. The first-order chi connectivity index (χ1) is 14.3. The van der Waals surface area contributed by atoms with Gasteiger partial charge in [-0.3, -0.25) is 10.2 Å². The van der Waals surface area contributed by atoms with Crippen molar-refractivity contribution in [3.05, 3.63) is 71.8 Å². The zero-order chi connectivity index (χ0) is 21.4. The van der Waals surface area contributed by atoms with Gasteiger partial charge in [0.1, 0.15) is 0 Å². The maximum Gasteiger partial charge on any atom is 0.192 e. The molecule has 162 valence electrons. The van der Waals surface area contributed by atoms with Crippen LogP contribution in [0, 0.1) is 0 Å². The SMILES string of the molecule is CC(C)(C)[Si](C)(C)OC[C@@H](c1ccccc1)N1[C@@H]2CCC[C@H]1[C@@H](c1ccccc1)N2. The average Bonchev–Trinajstić information content (AvgIpc) is 2.93. The van der Waals surface area contributed by atoms with Crippen molar-refractivity contribution in [2.45, 2.75) is 82.5 Å². The second-order valence-electron chi connectivity index (χ2n) is 10.5. The third kappa shape index (κ3) is 4.29. The van der Waals surface area contributed by atoms with E-state index in [1.165, 1.54) is 30.4 Å². The summed E-state index contributed by atoms with van der Waals surface area (Å²) < 4.78 is 6.80. The zero-order valence-corrected chi connectivity index (χ0v) is 20.3. The molecule has 0 amide bonds. The largest absolute Gasteiger partial charge is 0.415 e. The Morgan fingerprint density at radius 2 is 1.63 bits per heavy atom. The van der Waals surface area contributed by atoms with Crippen LogP contribution in [-0.4, -0.2) is 32.0 Å². The number of nitrogens with zero attached hydrogens (tertiary/aromatic N) is 1. The maximum absolute atomic E-state index is 6.80. The van der Waals surface area contributed by atoms with Gasteiger partial charge in [0.2, 0.25) is 0 Å². The van der Waals surface area contributed by atoms with Crippen molar-refractivity contribution < 1.29 is 4.43 Å². The predicted molar refractivity (Wildman–Crippen MR) is 128 cm³/mol. The predicted octanol–water partition coefficient (Wildman–Crippen LogP) is 6.27. The average molecular weight is 423 g/mol. The van der Waals surface area contributed by atoms with Crippen molar-refractivity contribution in [3.63, 3.8) is 0 Å². The molecule has 4 rings (SSSR count). The molecule has 2 bridgehead atoms. The highest BCUT2D eigenvalue weighted by Crippen LogP contribution is 2.44. The van der Waals surface area contributed by atoms with Crippen LogP contribution in [0.3, 0.4) is 0 Å². The molecule has 2 saturated heterocycles. The van der Waals surface area contributed by atoms with Gasteiger partial charge in [0.25, 0.3) is 0 Å². The summed E-state index contributed by atoms with van der Waals surface area (Å²) >= 11 is 0. The van der Waals surface area contributed by atoms with Gasteiger partial charge in [-0.1, -0.05) is 81.4 Å². The van der Waals surface area contributed by atoms with E-state index in [2.05, 4.69) is 105 Å². The molecule has 2 fully saturated rings. The third-order valence-corrected chi connectivity index (χ3v) is 12.1. The van der Waals surface area contributed by atoms with Crippen molar-refractivity contribution in [1.82, 2.24) is 10.2 Å². The van der Waals surface area contributed by atoms with Gasteiger partial charge >= 0.3 is 0 Å². The highest BCUT2D eigenvalue weighted by atomic mass is 28.4. The lowest BCUT2D eigenvalue weighted by atomic mass is 9.92. The van der Waals surface area contributed by atoms with Crippen LogP contribution >= 0.6 is 0 Å². The van der Waals surface area contributed by atoms with Crippen LogP contribution in [0.15, 0.2) is 60.7 Å². The van der Waals surface area contributed by atoms with Crippen LogP contribution < -0.4 is 5.32 Å². The van der Waals surface area contributed by atoms with Crippen LogP contribution in [0.4, 0.5) is 0 Å². The highest BCUT2D eigenvalue weighted by molar-refractivity contribution is 6.74. The molecule has 1 N–H and O–H groups in total. The molecule has 0 radical (unpaired) electrons. The number of hydrogen-bond donors (Lipinski definition) is 1. The number of rotatable bonds is 6. The van der Waals surface area contributed by atoms with E-state index in [-0.39, 0.29) is 11.1 Å². The van der Waals surface area contributed by atoms with E-state index in [1.54, 1.807) is 0 Å². The van der Waals surface area contributed by atoms with E-state index in [4.69, 9.17) is 4.43 Å². The first kappa shape index (κ1) is 21.8. The molecule has 2 heterocycles. The van der Waals surface area contributed by atoms with Gasteiger partial charge in [0.05, 0.1) is 18.8 Å². The molecule has 0 spiro atoms. The number of fused-ring (bicyclic) bond motifs is 2. The van der Waals surface area contributed by atoms with Gasteiger partial charge in [0.15, 0.2) is 8.32 Å². The standard InChI is InChI=1S/C26H38N2OSi/c1-26(2,3)30(4,5)29-19-23(20-13-8-6-9-14-20)28-22-17-12-18-24(28)27-25(22)21-15-10-7-11-16-21/h6-11,13-16,22-25,27H,12,17-19H2,1-5H3/t22-,23-,24+,25+/m0/s1. The lowest BCUT2D eigenvalue weighted by Gasteiger charge is -2.43. The molecule has 3 nitrogen and oxygen atoms in total. The van der Waals surface area contributed by atoms with E-state index >= 15 is 0 Å². The lowest BCUT2D eigenvalue weighted by Crippen LogP contribution is -2.48. The van der Waals surface area contributed by atoms with Gasteiger partial charge < -0.3 is 4.43 Å². The van der Waals surface area contributed by atoms with Crippen molar-refractivity contribution in [3.8, 4) is 0 Å². The Morgan fingerprint density at radius 3 is 2.27 bits per heavy atom. The summed E-state index contributed by atoms with van der Waals surface area (Å²) in [5.74, 6) is 0. The van der Waals surface area contributed by atoms with Crippen LogP contribution in [0.2, 0.25) is 18.1 Å². The highest BCUT2D eigenvalue weighted by Gasteiger charge is 2.47. The zero-order valence-electron chi connectivity index (χ0n) is 19.3. The van der Waals surface area contributed by atoms with Crippen molar-refractivity contribution in [2.75, 3.05) is 6.61 Å². The molecule has 2 aliphatic heterocycles. The summed E-state index contributed by atoms with van der Waals surface area (Å²) in [6.45, 7) is 12.5. The Bertz CT molecular complexity index is 818. The molecular formula is C26H38N2OSi.